The molecule has 0 spiro atoms. The number of nitrogens with one attached hydrogen (secondary N) is 2. The molecule has 8 nitrogen and oxygen atoms in total. The van der Waals surface area contributed by atoms with Crippen LogP contribution in [0.3, 0.4) is 0 Å². The fraction of sp³-hybridized carbons (Fsp3) is 0.250. The summed E-state index contributed by atoms with van der Waals surface area (Å²) >= 11 is 0. The van der Waals surface area contributed by atoms with Gasteiger partial charge in [-0.2, -0.15) is 0 Å². The van der Waals surface area contributed by atoms with E-state index >= 15 is 0 Å². The standard InChI is InChI=1S/C16H18N2O6/c1-10(19)17-13(9-11-5-3-2-4-6-11)15(22)18-12(16(23)24)7-8-14(20)21/h2-6,9,12H,7-8H2,1H3,(H,17,19)(H,18,22)(H,20,21)(H,23,24)/p-2/b13-9-/t12-/m0/s1. The lowest BCUT2D eigenvalue weighted by molar-refractivity contribution is -0.310. The highest BCUT2D eigenvalue weighted by atomic mass is 16.4. The minimum atomic E-state index is -1.63. The van der Waals surface area contributed by atoms with Gasteiger partial charge in [0.15, 0.2) is 0 Å². The van der Waals surface area contributed by atoms with Gasteiger partial charge in [0.1, 0.15) is 5.70 Å². The van der Waals surface area contributed by atoms with Crippen LogP contribution in [0.25, 0.3) is 6.08 Å². The minimum absolute atomic E-state index is 0.173. The molecule has 128 valence electrons. The molecular formula is C16H16N2O6-2. The molecule has 0 bridgehead atoms. The SMILES string of the molecule is CC(=O)N/C(=C\c1ccccc1)C(=O)N[C@@H](CCC(=O)[O-])C(=O)[O-]. The number of hydrogen-bond acceptors (Lipinski definition) is 6. The number of benzene rings is 1. The Labute approximate surface area is 138 Å². The number of carbonyl (C=O) groups excluding carboxylic acids is 4. The highest BCUT2D eigenvalue weighted by Gasteiger charge is 2.17. The van der Waals surface area contributed by atoms with Crippen LogP contribution >= 0.6 is 0 Å². The second-order valence-electron chi connectivity index (χ2n) is 4.91. The van der Waals surface area contributed by atoms with Gasteiger partial charge in [-0.1, -0.05) is 30.3 Å². The maximum atomic E-state index is 12.2. The predicted octanol–water partition coefficient (Wildman–Crippen LogP) is -2.07. The van der Waals surface area contributed by atoms with Crippen molar-refractivity contribution >= 4 is 29.8 Å². The zero-order valence-corrected chi connectivity index (χ0v) is 12.9. The lowest BCUT2D eigenvalue weighted by atomic mass is 10.1. The fourth-order valence-electron chi connectivity index (χ4n) is 1.81. The van der Waals surface area contributed by atoms with Crippen LogP contribution in [0, 0.1) is 0 Å². The normalized spacial score (nSPS) is 12.1. The van der Waals surface area contributed by atoms with Gasteiger partial charge in [-0.15, -0.1) is 0 Å². The number of rotatable bonds is 8. The average Bonchev–Trinajstić information content (AvgIpc) is 2.50. The molecule has 0 saturated carbocycles. The Morgan fingerprint density at radius 1 is 1.12 bits per heavy atom. The topological polar surface area (TPSA) is 138 Å². The number of carboxylic acid groups (broad SMARTS) is 2. The first-order chi connectivity index (χ1) is 11.3. The second-order valence-corrected chi connectivity index (χ2v) is 4.91. The van der Waals surface area contributed by atoms with Crippen molar-refractivity contribution < 1.29 is 29.4 Å². The highest BCUT2D eigenvalue weighted by Crippen LogP contribution is 2.06. The van der Waals surface area contributed by atoms with Crippen LogP contribution in [-0.4, -0.2) is 29.8 Å². The second kappa shape index (κ2) is 9.09. The van der Waals surface area contributed by atoms with E-state index in [9.17, 15) is 29.4 Å². The molecular weight excluding hydrogens is 316 g/mol. The van der Waals surface area contributed by atoms with Crippen molar-refractivity contribution in [3.63, 3.8) is 0 Å². The van der Waals surface area contributed by atoms with Gasteiger partial charge in [-0.3, -0.25) is 9.59 Å². The van der Waals surface area contributed by atoms with Gasteiger partial charge < -0.3 is 30.4 Å². The Kier molecular flexibility index (Phi) is 7.15. The number of carboxylic acids is 2. The molecule has 0 heterocycles. The molecule has 1 aromatic carbocycles. The van der Waals surface area contributed by atoms with Crippen molar-refractivity contribution in [3.05, 3.63) is 41.6 Å². The zero-order valence-electron chi connectivity index (χ0n) is 12.9. The van der Waals surface area contributed by atoms with Crippen LogP contribution in [0.4, 0.5) is 0 Å². The maximum Gasteiger partial charge on any atom is 0.268 e. The van der Waals surface area contributed by atoms with Crippen molar-refractivity contribution in [2.24, 2.45) is 0 Å². The molecule has 0 saturated heterocycles. The van der Waals surface area contributed by atoms with E-state index in [0.29, 0.717) is 5.56 Å². The van der Waals surface area contributed by atoms with Crippen molar-refractivity contribution in [2.45, 2.75) is 25.8 Å². The van der Waals surface area contributed by atoms with Crippen LogP contribution in [0.2, 0.25) is 0 Å². The molecule has 0 fully saturated rings. The van der Waals surface area contributed by atoms with E-state index in [-0.39, 0.29) is 5.70 Å². The number of aliphatic carboxylic acids is 2. The molecule has 1 atom stereocenters. The number of hydrogen-bond donors (Lipinski definition) is 2. The summed E-state index contributed by atoms with van der Waals surface area (Å²) in [5, 5.41) is 25.9. The van der Waals surface area contributed by atoms with Crippen LogP contribution in [0.5, 0.6) is 0 Å². The van der Waals surface area contributed by atoms with Gasteiger partial charge in [-0.25, -0.2) is 0 Å². The third-order valence-electron chi connectivity index (χ3n) is 2.89. The first kappa shape index (κ1) is 18.9. The summed E-state index contributed by atoms with van der Waals surface area (Å²) in [5.74, 6) is -4.47. The summed E-state index contributed by atoms with van der Waals surface area (Å²) in [6, 6.07) is 7.05. The van der Waals surface area contributed by atoms with Crippen LogP contribution in [0.1, 0.15) is 25.3 Å². The monoisotopic (exact) mass is 332 g/mol. The molecule has 24 heavy (non-hydrogen) atoms. The Balaban J connectivity index is 2.94. The van der Waals surface area contributed by atoms with Gasteiger partial charge in [0.25, 0.3) is 5.91 Å². The van der Waals surface area contributed by atoms with E-state index in [1.54, 1.807) is 30.3 Å². The molecule has 0 aliphatic rings. The summed E-state index contributed by atoms with van der Waals surface area (Å²) in [6.07, 6.45) is 0.410. The van der Waals surface area contributed by atoms with Crippen LogP contribution in [0.15, 0.2) is 36.0 Å². The van der Waals surface area contributed by atoms with Crippen LogP contribution in [-0.2, 0) is 19.2 Å². The molecule has 1 rings (SSSR count). The average molecular weight is 332 g/mol. The first-order valence-corrected chi connectivity index (χ1v) is 7.05. The summed E-state index contributed by atoms with van der Waals surface area (Å²) in [7, 11) is 0. The third kappa shape index (κ3) is 6.73. The van der Waals surface area contributed by atoms with E-state index in [1.807, 2.05) is 0 Å². The lowest BCUT2D eigenvalue weighted by Gasteiger charge is -2.21. The summed E-state index contributed by atoms with van der Waals surface area (Å²) in [6.45, 7) is 1.19. The van der Waals surface area contributed by atoms with Crippen molar-refractivity contribution in [1.29, 1.82) is 0 Å². The smallest absolute Gasteiger partial charge is 0.268 e. The van der Waals surface area contributed by atoms with E-state index < -0.39 is 42.6 Å². The first-order valence-electron chi connectivity index (χ1n) is 7.05. The van der Waals surface area contributed by atoms with Crippen molar-refractivity contribution in [2.75, 3.05) is 0 Å². The highest BCUT2D eigenvalue weighted by molar-refractivity contribution is 6.02. The summed E-state index contributed by atoms with van der Waals surface area (Å²) < 4.78 is 0. The fourth-order valence-corrected chi connectivity index (χ4v) is 1.81. The van der Waals surface area contributed by atoms with Gasteiger partial charge >= 0.3 is 0 Å². The Morgan fingerprint density at radius 2 is 1.75 bits per heavy atom. The molecule has 0 unspecified atom stereocenters. The molecule has 0 aliphatic carbocycles. The van der Waals surface area contributed by atoms with Gasteiger partial charge in [0.05, 0.1) is 12.0 Å². The predicted molar refractivity (Wildman–Crippen MR) is 79.4 cm³/mol. The zero-order chi connectivity index (χ0) is 18.1. The third-order valence-corrected chi connectivity index (χ3v) is 2.89. The van der Waals surface area contributed by atoms with Crippen LogP contribution < -0.4 is 20.8 Å². The Hall–Kier alpha value is -3.16. The van der Waals surface area contributed by atoms with Gasteiger partial charge in [0, 0.05) is 12.9 Å². The van der Waals surface area contributed by atoms with E-state index in [0.717, 1.165) is 0 Å². The van der Waals surface area contributed by atoms with Crippen molar-refractivity contribution in [1.82, 2.24) is 10.6 Å². The quantitative estimate of drug-likeness (QED) is 0.524. The molecule has 0 aromatic heterocycles. The van der Waals surface area contributed by atoms with Gasteiger partial charge in [-0.05, 0) is 24.5 Å². The number of carbonyl (C=O) groups is 4. The summed E-state index contributed by atoms with van der Waals surface area (Å²) in [5.41, 5.74) is 0.435. The molecule has 0 aliphatic heterocycles. The molecule has 1 aromatic rings. The van der Waals surface area contributed by atoms with E-state index in [2.05, 4.69) is 10.6 Å². The molecule has 8 heteroatoms. The largest absolute Gasteiger partial charge is 0.550 e. The van der Waals surface area contributed by atoms with E-state index in [1.165, 1.54) is 13.0 Å². The summed E-state index contributed by atoms with van der Waals surface area (Å²) in [4.78, 5) is 44.9. The molecule has 2 N–H and O–H groups in total. The number of amides is 2. The van der Waals surface area contributed by atoms with Crippen molar-refractivity contribution in [3.8, 4) is 0 Å². The van der Waals surface area contributed by atoms with E-state index in [4.69, 9.17) is 0 Å². The Morgan fingerprint density at radius 3 is 2.25 bits per heavy atom. The minimum Gasteiger partial charge on any atom is -0.550 e. The maximum absolute atomic E-state index is 12.2. The lowest BCUT2D eigenvalue weighted by Crippen LogP contribution is -2.50. The van der Waals surface area contributed by atoms with Gasteiger partial charge in [0.2, 0.25) is 5.91 Å². The Bertz CT molecular complexity index is 654. The molecule has 2 amide bonds. The molecule has 0 radical (unpaired) electrons.